The summed E-state index contributed by atoms with van der Waals surface area (Å²) in [6.07, 6.45) is 2.63. The molecule has 0 aliphatic rings. The third-order valence-electron chi connectivity index (χ3n) is 4.87. The van der Waals surface area contributed by atoms with Gasteiger partial charge in [-0.05, 0) is 18.9 Å². The molecular formula is C22H22N4O2S2. The molecule has 1 amide bonds. The maximum atomic E-state index is 13.1. The summed E-state index contributed by atoms with van der Waals surface area (Å²) in [4.78, 5) is 34.9. The summed E-state index contributed by atoms with van der Waals surface area (Å²) in [5, 5.41) is 8.48. The molecule has 1 aromatic carbocycles. The van der Waals surface area contributed by atoms with Crippen LogP contribution >= 0.6 is 22.7 Å². The second kappa shape index (κ2) is 8.89. The zero-order valence-electron chi connectivity index (χ0n) is 16.8. The number of aromatic nitrogens is 3. The molecule has 0 unspecified atom stereocenters. The van der Waals surface area contributed by atoms with Crippen LogP contribution < -0.4 is 10.9 Å². The average molecular weight is 439 g/mol. The third kappa shape index (κ3) is 4.34. The van der Waals surface area contributed by atoms with Crippen molar-refractivity contribution in [1.29, 1.82) is 0 Å². The van der Waals surface area contributed by atoms with Crippen LogP contribution in [0.3, 0.4) is 0 Å². The molecule has 0 saturated heterocycles. The lowest BCUT2D eigenvalue weighted by Crippen LogP contribution is -2.27. The van der Waals surface area contributed by atoms with Gasteiger partial charge in [0.15, 0.2) is 0 Å². The summed E-state index contributed by atoms with van der Waals surface area (Å²) in [6, 6.07) is 8.10. The number of amides is 1. The number of thiazole rings is 1. The van der Waals surface area contributed by atoms with E-state index in [1.165, 1.54) is 27.8 Å². The molecule has 3 aromatic heterocycles. The molecule has 0 aliphatic heterocycles. The number of nitrogens with zero attached hydrogens (tertiary/aromatic N) is 3. The second-order valence-electron chi connectivity index (χ2n) is 7.05. The van der Waals surface area contributed by atoms with Crippen molar-refractivity contribution in [3.05, 3.63) is 68.0 Å². The summed E-state index contributed by atoms with van der Waals surface area (Å²) in [7, 11) is 0. The zero-order chi connectivity index (χ0) is 21.1. The van der Waals surface area contributed by atoms with Crippen molar-refractivity contribution in [2.24, 2.45) is 0 Å². The molecule has 0 fully saturated rings. The number of benzene rings is 1. The smallest absolute Gasteiger partial charge is 0.262 e. The first-order chi connectivity index (χ1) is 14.5. The Balaban J connectivity index is 1.47. The minimum absolute atomic E-state index is 0.114. The number of carbonyl (C=O) groups is 1. The van der Waals surface area contributed by atoms with Crippen molar-refractivity contribution >= 4 is 38.8 Å². The molecule has 0 bridgehead atoms. The Labute approximate surface area is 182 Å². The van der Waals surface area contributed by atoms with Gasteiger partial charge >= 0.3 is 0 Å². The molecular weight excluding hydrogens is 416 g/mol. The summed E-state index contributed by atoms with van der Waals surface area (Å²) >= 11 is 3.06. The minimum atomic E-state index is -0.114. The van der Waals surface area contributed by atoms with E-state index in [9.17, 15) is 9.59 Å². The van der Waals surface area contributed by atoms with Crippen molar-refractivity contribution in [3.63, 3.8) is 0 Å². The third-order valence-corrected chi connectivity index (χ3v) is 6.80. The summed E-state index contributed by atoms with van der Waals surface area (Å²) in [6.45, 7) is 4.78. The van der Waals surface area contributed by atoms with Gasteiger partial charge in [0.05, 0.1) is 29.0 Å². The molecule has 154 valence electrons. The van der Waals surface area contributed by atoms with Gasteiger partial charge in [-0.3, -0.25) is 14.2 Å². The number of fused-ring (bicyclic) bond motifs is 1. The maximum absolute atomic E-state index is 13.1. The molecule has 30 heavy (non-hydrogen) atoms. The minimum Gasteiger partial charge on any atom is -0.350 e. The lowest BCUT2D eigenvalue weighted by Gasteiger charge is -2.07. The molecule has 4 rings (SSSR count). The molecule has 0 aliphatic carbocycles. The van der Waals surface area contributed by atoms with E-state index in [0.29, 0.717) is 16.8 Å². The Morgan fingerprint density at radius 3 is 2.70 bits per heavy atom. The van der Waals surface area contributed by atoms with Crippen molar-refractivity contribution in [2.75, 3.05) is 0 Å². The van der Waals surface area contributed by atoms with Crippen LogP contribution in [0.2, 0.25) is 0 Å². The normalized spacial score (nSPS) is 11.1. The van der Waals surface area contributed by atoms with Gasteiger partial charge in [0.25, 0.3) is 5.56 Å². The Kier molecular flexibility index (Phi) is 6.06. The van der Waals surface area contributed by atoms with Crippen molar-refractivity contribution in [3.8, 4) is 11.1 Å². The van der Waals surface area contributed by atoms with Crippen molar-refractivity contribution < 1.29 is 4.79 Å². The largest absolute Gasteiger partial charge is 0.350 e. The van der Waals surface area contributed by atoms with Crippen LogP contribution in [0.1, 0.15) is 29.6 Å². The fraction of sp³-hybridized carbons (Fsp3) is 0.273. The van der Waals surface area contributed by atoms with Crippen LogP contribution in [0.15, 0.2) is 46.1 Å². The van der Waals surface area contributed by atoms with E-state index < -0.39 is 0 Å². The highest BCUT2D eigenvalue weighted by atomic mass is 32.1. The molecule has 4 aromatic rings. The van der Waals surface area contributed by atoms with Gasteiger partial charge in [-0.25, -0.2) is 9.97 Å². The molecule has 1 N–H and O–H groups in total. The predicted octanol–water partition coefficient (Wildman–Crippen LogP) is 4.16. The van der Waals surface area contributed by atoms with E-state index >= 15 is 0 Å². The molecule has 0 saturated carbocycles. The maximum Gasteiger partial charge on any atom is 0.262 e. The van der Waals surface area contributed by atoms with Gasteiger partial charge in [0, 0.05) is 29.3 Å². The first-order valence-electron chi connectivity index (χ1n) is 9.78. The Bertz CT molecular complexity index is 1240. The summed E-state index contributed by atoms with van der Waals surface area (Å²) in [5.74, 6) is -0.114. The summed E-state index contributed by atoms with van der Waals surface area (Å²) in [5.41, 5.74) is 3.81. The monoisotopic (exact) mass is 438 g/mol. The highest BCUT2D eigenvalue weighted by Crippen LogP contribution is 2.30. The lowest BCUT2D eigenvalue weighted by molar-refractivity contribution is -0.121. The number of aryl methyl sites for hydroxylation is 3. The van der Waals surface area contributed by atoms with Crippen LogP contribution in [0.25, 0.3) is 21.3 Å². The molecule has 6 nitrogen and oxygen atoms in total. The van der Waals surface area contributed by atoms with Crippen LogP contribution in [0.4, 0.5) is 0 Å². The number of rotatable bonds is 7. The van der Waals surface area contributed by atoms with Gasteiger partial charge in [0.1, 0.15) is 4.83 Å². The van der Waals surface area contributed by atoms with E-state index in [2.05, 4.69) is 22.2 Å². The molecule has 0 spiro atoms. The Hall–Kier alpha value is -2.84. The van der Waals surface area contributed by atoms with Crippen molar-refractivity contribution in [2.45, 2.75) is 39.8 Å². The fourth-order valence-electron chi connectivity index (χ4n) is 3.16. The number of carbonyl (C=O) groups excluding carboxylic acids is 1. The quantitative estimate of drug-likeness (QED) is 0.470. The van der Waals surface area contributed by atoms with Gasteiger partial charge in [-0.2, -0.15) is 0 Å². The first-order valence-corrected chi connectivity index (χ1v) is 11.5. The lowest BCUT2D eigenvalue weighted by atomic mass is 10.1. The number of hydrogen-bond acceptors (Lipinski definition) is 6. The topological polar surface area (TPSA) is 76.9 Å². The van der Waals surface area contributed by atoms with E-state index in [-0.39, 0.29) is 24.4 Å². The first kappa shape index (κ1) is 20.4. The van der Waals surface area contributed by atoms with Gasteiger partial charge < -0.3 is 5.32 Å². The highest BCUT2D eigenvalue weighted by molar-refractivity contribution is 7.17. The van der Waals surface area contributed by atoms with E-state index in [1.54, 1.807) is 11.3 Å². The number of thiophene rings is 1. The zero-order valence-corrected chi connectivity index (χ0v) is 18.5. The van der Waals surface area contributed by atoms with Gasteiger partial charge in [-0.1, -0.05) is 36.8 Å². The number of nitrogens with one attached hydrogen (secondary N) is 1. The predicted molar refractivity (Wildman–Crippen MR) is 122 cm³/mol. The van der Waals surface area contributed by atoms with Gasteiger partial charge in [-0.15, -0.1) is 22.7 Å². The molecule has 0 radical (unpaired) electrons. The SMILES string of the molecule is CCc1nc(CNC(=O)CCn2cnc3scc(-c4ccc(C)cc4)c3c2=O)cs1. The van der Waals surface area contributed by atoms with Crippen LogP contribution in [-0.4, -0.2) is 20.4 Å². The van der Waals surface area contributed by atoms with E-state index in [0.717, 1.165) is 28.2 Å². The number of hydrogen-bond donors (Lipinski definition) is 1. The summed E-state index contributed by atoms with van der Waals surface area (Å²) < 4.78 is 1.52. The average Bonchev–Trinajstić information content (AvgIpc) is 3.39. The van der Waals surface area contributed by atoms with Crippen LogP contribution in [-0.2, 0) is 24.3 Å². The molecule has 3 heterocycles. The Morgan fingerprint density at radius 2 is 1.97 bits per heavy atom. The van der Waals surface area contributed by atoms with E-state index in [1.807, 2.05) is 41.9 Å². The van der Waals surface area contributed by atoms with E-state index in [4.69, 9.17) is 0 Å². The molecule has 8 heteroatoms. The molecule has 0 atom stereocenters. The second-order valence-corrected chi connectivity index (χ2v) is 8.85. The van der Waals surface area contributed by atoms with Gasteiger partial charge in [0.2, 0.25) is 5.91 Å². The fourth-order valence-corrected chi connectivity index (χ4v) is 4.82. The van der Waals surface area contributed by atoms with Crippen LogP contribution in [0, 0.1) is 6.92 Å². The standard InChI is InChI=1S/C22H22N4O2S2/c1-3-19-25-16(11-29-19)10-23-18(27)8-9-26-13-24-21-20(22(26)28)17(12-30-21)15-6-4-14(2)5-7-15/h4-7,11-13H,3,8-10H2,1-2H3,(H,23,27). The van der Waals surface area contributed by atoms with Crippen molar-refractivity contribution in [1.82, 2.24) is 19.9 Å². The highest BCUT2D eigenvalue weighted by Gasteiger charge is 2.14. The van der Waals surface area contributed by atoms with Crippen LogP contribution in [0.5, 0.6) is 0 Å². The Morgan fingerprint density at radius 1 is 1.17 bits per heavy atom.